The van der Waals surface area contributed by atoms with E-state index in [4.69, 9.17) is 10.5 Å². The summed E-state index contributed by atoms with van der Waals surface area (Å²) in [6, 6.07) is 7.43. The summed E-state index contributed by atoms with van der Waals surface area (Å²) >= 11 is 0. The molecule has 2 N–H and O–H groups in total. The standard InChI is InChI=1S/C10H13NO2/c11-6-8-13-10-3-1-9(2-4-10)5-7-12/h1-4,7H,5-6,8,11H2. The first-order chi connectivity index (χ1) is 6.36. The van der Waals surface area contributed by atoms with Gasteiger partial charge in [-0.15, -0.1) is 0 Å². The van der Waals surface area contributed by atoms with Crippen molar-refractivity contribution in [3.63, 3.8) is 0 Å². The maximum Gasteiger partial charge on any atom is 0.124 e. The number of rotatable bonds is 5. The van der Waals surface area contributed by atoms with E-state index >= 15 is 0 Å². The van der Waals surface area contributed by atoms with Gasteiger partial charge in [0, 0.05) is 13.0 Å². The van der Waals surface area contributed by atoms with Gasteiger partial charge in [0.15, 0.2) is 0 Å². The zero-order chi connectivity index (χ0) is 9.52. The predicted molar refractivity (Wildman–Crippen MR) is 50.8 cm³/mol. The number of hydrogen-bond donors (Lipinski definition) is 1. The van der Waals surface area contributed by atoms with Crippen molar-refractivity contribution in [1.82, 2.24) is 0 Å². The van der Waals surface area contributed by atoms with Crippen LogP contribution in [0.15, 0.2) is 24.3 Å². The van der Waals surface area contributed by atoms with Crippen molar-refractivity contribution in [3.05, 3.63) is 29.8 Å². The lowest BCUT2D eigenvalue weighted by Gasteiger charge is -2.04. The molecule has 0 aliphatic heterocycles. The van der Waals surface area contributed by atoms with E-state index in [0.29, 0.717) is 19.6 Å². The lowest BCUT2D eigenvalue weighted by atomic mass is 10.2. The number of carbonyl (C=O) groups is 1. The fourth-order valence-electron chi connectivity index (χ4n) is 0.995. The Morgan fingerprint density at radius 1 is 1.31 bits per heavy atom. The number of carbonyl (C=O) groups excluding carboxylic acids is 1. The molecule has 0 saturated carbocycles. The molecule has 0 saturated heterocycles. The lowest BCUT2D eigenvalue weighted by Crippen LogP contribution is -2.10. The molecule has 1 aromatic rings. The van der Waals surface area contributed by atoms with Gasteiger partial charge in [0.2, 0.25) is 0 Å². The number of ether oxygens (including phenoxy) is 1. The number of benzene rings is 1. The molecule has 1 aromatic carbocycles. The van der Waals surface area contributed by atoms with E-state index in [9.17, 15) is 4.79 Å². The highest BCUT2D eigenvalue weighted by molar-refractivity contribution is 5.55. The molecular weight excluding hydrogens is 166 g/mol. The van der Waals surface area contributed by atoms with Crippen LogP contribution in [-0.2, 0) is 11.2 Å². The second-order valence-corrected chi connectivity index (χ2v) is 2.65. The van der Waals surface area contributed by atoms with E-state index in [1.54, 1.807) is 0 Å². The SMILES string of the molecule is NCCOc1ccc(CC=O)cc1. The summed E-state index contributed by atoms with van der Waals surface area (Å²) in [7, 11) is 0. The molecule has 3 nitrogen and oxygen atoms in total. The molecule has 13 heavy (non-hydrogen) atoms. The first kappa shape index (κ1) is 9.74. The van der Waals surface area contributed by atoms with E-state index in [2.05, 4.69) is 0 Å². The Kier molecular flexibility index (Phi) is 3.99. The van der Waals surface area contributed by atoms with Crippen molar-refractivity contribution in [3.8, 4) is 5.75 Å². The van der Waals surface area contributed by atoms with Crippen molar-refractivity contribution in [1.29, 1.82) is 0 Å². The molecule has 0 fully saturated rings. The Hall–Kier alpha value is -1.35. The molecule has 0 amide bonds. The predicted octanol–water partition coefficient (Wildman–Crippen LogP) is 0.765. The second-order valence-electron chi connectivity index (χ2n) is 2.65. The van der Waals surface area contributed by atoms with Gasteiger partial charge < -0.3 is 15.3 Å². The summed E-state index contributed by atoms with van der Waals surface area (Å²) in [5, 5.41) is 0. The highest BCUT2D eigenvalue weighted by Gasteiger charge is 1.93. The minimum Gasteiger partial charge on any atom is -0.492 e. The van der Waals surface area contributed by atoms with E-state index in [0.717, 1.165) is 17.6 Å². The summed E-state index contributed by atoms with van der Waals surface area (Å²) < 4.78 is 5.27. The number of nitrogens with two attached hydrogens (primary N) is 1. The highest BCUT2D eigenvalue weighted by Crippen LogP contribution is 2.11. The fraction of sp³-hybridized carbons (Fsp3) is 0.300. The zero-order valence-electron chi connectivity index (χ0n) is 7.40. The van der Waals surface area contributed by atoms with Gasteiger partial charge in [-0.2, -0.15) is 0 Å². The quantitative estimate of drug-likeness (QED) is 0.679. The van der Waals surface area contributed by atoms with Gasteiger partial charge in [-0.25, -0.2) is 0 Å². The second kappa shape index (κ2) is 5.32. The van der Waals surface area contributed by atoms with Crippen molar-refractivity contribution in [2.45, 2.75) is 6.42 Å². The van der Waals surface area contributed by atoms with Crippen LogP contribution in [0, 0.1) is 0 Å². The molecule has 0 unspecified atom stereocenters. The molecular formula is C10H13NO2. The Bertz CT molecular complexity index is 256. The smallest absolute Gasteiger partial charge is 0.124 e. The average molecular weight is 179 g/mol. The Balaban J connectivity index is 2.53. The zero-order valence-corrected chi connectivity index (χ0v) is 7.40. The molecule has 0 atom stereocenters. The molecule has 0 bridgehead atoms. The maximum atomic E-state index is 10.2. The van der Waals surface area contributed by atoms with Crippen LogP contribution in [0.3, 0.4) is 0 Å². The Morgan fingerprint density at radius 3 is 2.54 bits per heavy atom. The van der Waals surface area contributed by atoms with Crippen LogP contribution in [0.2, 0.25) is 0 Å². The van der Waals surface area contributed by atoms with E-state index in [1.807, 2.05) is 24.3 Å². The van der Waals surface area contributed by atoms with Crippen LogP contribution < -0.4 is 10.5 Å². The molecule has 0 spiro atoms. The van der Waals surface area contributed by atoms with E-state index in [1.165, 1.54) is 0 Å². The molecule has 1 rings (SSSR count). The fourth-order valence-corrected chi connectivity index (χ4v) is 0.995. The van der Waals surface area contributed by atoms with Crippen LogP contribution in [0.4, 0.5) is 0 Å². The Labute approximate surface area is 77.5 Å². The van der Waals surface area contributed by atoms with Gasteiger partial charge in [0.1, 0.15) is 18.6 Å². The normalized spacial score (nSPS) is 9.62. The van der Waals surface area contributed by atoms with Crippen LogP contribution in [0.25, 0.3) is 0 Å². The largest absolute Gasteiger partial charge is 0.492 e. The van der Waals surface area contributed by atoms with Gasteiger partial charge in [-0.3, -0.25) is 0 Å². The Morgan fingerprint density at radius 2 is 2.00 bits per heavy atom. The van der Waals surface area contributed by atoms with Gasteiger partial charge in [-0.1, -0.05) is 12.1 Å². The summed E-state index contributed by atoms with van der Waals surface area (Å²) in [5.41, 5.74) is 6.28. The summed E-state index contributed by atoms with van der Waals surface area (Å²) in [4.78, 5) is 10.2. The molecule has 0 aliphatic rings. The minimum atomic E-state index is 0.456. The van der Waals surface area contributed by atoms with Crippen molar-refractivity contribution in [2.75, 3.05) is 13.2 Å². The summed E-state index contributed by atoms with van der Waals surface area (Å²) in [5.74, 6) is 0.792. The van der Waals surface area contributed by atoms with E-state index < -0.39 is 0 Å². The molecule has 0 aromatic heterocycles. The van der Waals surface area contributed by atoms with Gasteiger partial charge in [-0.05, 0) is 17.7 Å². The van der Waals surface area contributed by atoms with Crippen molar-refractivity contribution < 1.29 is 9.53 Å². The first-order valence-corrected chi connectivity index (χ1v) is 4.22. The molecule has 3 heteroatoms. The lowest BCUT2D eigenvalue weighted by molar-refractivity contribution is -0.107. The van der Waals surface area contributed by atoms with Crippen LogP contribution in [0.5, 0.6) is 5.75 Å². The third-order valence-corrected chi connectivity index (χ3v) is 1.63. The summed E-state index contributed by atoms with van der Waals surface area (Å²) in [6.07, 6.45) is 1.34. The van der Waals surface area contributed by atoms with Crippen molar-refractivity contribution in [2.24, 2.45) is 5.73 Å². The third kappa shape index (κ3) is 3.25. The van der Waals surface area contributed by atoms with Gasteiger partial charge >= 0.3 is 0 Å². The van der Waals surface area contributed by atoms with Crippen LogP contribution in [0.1, 0.15) is 5.56 Å². The molecule has 0 heterocycles. The van der Waals surface area contributed by atoms with Gasteiger partial charge in [0.05, 0.1) is 0 Å². The monoisotopic (exact) mass is 179 g/mol. The average Bonchev–Trinajstić information content (AvgIpc) is 2.17. The maximum absolute atomic E-state index is 10.2. The number of aldehydes is 1. The third-order valence-electron chi connectivity index (χ3n) is 1.63. The topological polar surface area (TPSA) is 52.3 Å². The molecule has 0 radical (unpaired) electrons. The molecule has 70 valence electrons. The summed E-state index contributed by atoms with van der Waals surface area (Å²) in [6.45, 7) is 1.03. The van der Waals surface area contributed by atoms with E-state index in [-0.39, 0.29) is 0 Å². The number of hydrogen-bond acceptors (Lipinski definition) is 3. The highest BCUT2D eigenvalue weighted by atomic mass is 16.5. The van der Waals surface area contributed by atoms with Gasteiger partial charge in [0.25, 0.3) is 0 Å². The minimum absolute atomic E-state index is 0.456. The first-order valence-electron chi connectivity index (χ1n) is 4.22. The van der Waals surface area contributed by atoms with Crippen molar-refractivity contribution >= 4 is 6.29 Å². The van der Waals surface area contributed by atoms with Crippen LogP contribution >= 0.6 is 0 Å². The van der Waals surface area contributed by atoms with Crippen LogP contribution in [-0.4, -0.2) is 19.4 Å². The molecule has 0 aliphatic carbocycles.